The Hall–Kier alpha value is -0.940. The van der Waals surface area contributed by atoms with E-state index in [9.17, 15) is 8.78 Å². The van der Waals surface area contributed by atoms with Crippen LogP contribution in [0.4, 0.5) is 8.78 Å². The van der Waals surface area contributed by atoms with E-state index in [1.165, 1.54) is 0 Å². The molecule has 0 atom stereocenters. The van der Waals surface area contributed by atoms with Crippen molar-refractivity contribution in [2.45, 2.75) is 32.9 Å². The molecule has 1 rings (SSSR count). The zero-order valence-electron chi connectivity index (χ0n) is 9.34. The molecule has 92 valence electrons. The number of rotatable bonds is 8. The molecule has 0 amide bonds. The molecule has 0 saturated heterocycles. The predicted molar refractivity (Wildman–Crippen MR) is 56.4 cm³/mol. The van der Waals surface area contributed by atoms with Crippen LogP contribution >= 0.6 is 0 Å². The van der Waals surface area contributed by atoms with Crippen LogP contribution in [0.5, 0.6) is 0 Å². The van der Waals surface area contributed by atoms with Crippen LogP contribution < -0.4 is 5.32 Å². The molecule has 5 heteroatoms. The van der Waals surface area contributed by atoms with Crippen molar-refractivity contribution in [1.29, 1.82) is 0 Å². The maximum atomic E-state index is 11.8. The van der Waals surface area contributed by atoms with Crippen molar-refractivity contribution in [1.82, 2.24) is 5.32 Å². The second-order valence-electron chi connectivity index (χ2n) is 3.45. The van der Waals surface area contributed by atoms with E-state index in [0.29, 0.717) is 12.3 Å². The third kappa shape index (κ3) is 4.72. The van der Waals surface area contributed by atoms with E-state index in [1.54, 1.807) is 6.26 Å². The van der Waals surface area contributed by atoms with Crippen molar-refractivity contribution >= 4 is 0 Å². The Kier molecular flexibility index (Phi) is 6.03. The first-order valence-corrected chi connectivity index (χ1v) is 5.36. The summed E-state index contributed by atoms with van der Waals surface area (Å²) >= 11 is 0. The van der Waals surface area contributed by atoms with Crippen LogP contribution in [-0.2, 0) is 17.9 Å². The van der Waals surface area contributed by atoms with Gasteiger partial charge in [-0.05, 0) is 19.0 Å². The molecule has 3 nitrogen and oxygen atoms in total. The number of ether oxygens (including phenoxy) is 1. The molecular weight excluding hydrogens is 216 g/mol. The molecule has 0 spiro atoms. The summed E-state index contributed by atoms with van der Waals surface area (Å²) in [7, 11) is 0. The molecule has 0 saturated carbocycles. The Labute approximate surface area is 93.8 Å². The molecule has 0 bridgehead atoms. The lowest BCUT2D eigenvalue weighted by molar-refractivity contribution is 0.00421. The van der Waals surface area contributed by atoms with Crippen LogP contribution in [0.1, 0.15) is 24.7 Å². The minimum absolute atomic E-state index is 0.0977. The van der Waals surface area contributed by atoms with Gasteiger partial charge >= 0.3 is 0 Å². The maximum absolute atomic E-state index is 11.8. The van der Waals surface area contributed by atoms with Gasteiger partial charge in [-0.2, -0.15) is 0 Å². The van der Waals surface area contributed by atoms with Gasteiger partial charge in [0.05, 0.1) is 6.26 Å². The van der Waals surface area contributed by atoms with Crippen LogP contribution in [0, 0.1) is 0 Å². The Morgan fingerprint density at radius 3 is 3.00 bits per heavy atom. The molecule has 16 heavy (non-hydrogen) atoms. The van der Waals surface area contributed by atoms with Crippen LogP contribution in [0.3, 0.4) is 0 Å². The average Bonchev–Trinajstić information content (AvgIpc) is 2.66. The Balaban J connectivity index is 2.32. The fourth-order valence-corrected chi connectivity index (χ4v) is 1.29. The van der Waals surface area contributed by atoms with Crippen molar-refractivity contribution in [3.8, 4) is 0 Å². The van der Waals surface area contributed by atoms with E-state index < -0.39 is 13.0 Å². The van der Waals surface area contributed by atoms with Crippen molar-refractivity contribution < 1.29 is 17.9 Å². The van der Waals surface area contributed by atoms with E-state index in [1.807, 2.05) is 6.07 Å². The number of hydrogen-bond donors (Lipinski definition) is 1. The van der Waals surface area contributed by atoms with Gasteiger partial charge in [-0.15, -0.1) is 0 Å². The highest BCUT2D eigenvalue weighted by Crippen LogP contribution is 2.12. The van der Waals surface area contributed by atoms with Crippen LogP contribution in [0.15, 0.2) is 16.7 Å². The van der Waals surface area contributed by atoms with Gasteiger partial charge in [0.15, 0.2) is 0 Å². The molecule has 1 heterocycles. The molecule has 1 aromatic rings. The summed E-state index contributed by atoms with van der Waals surface area (Å²) in [4.78, 5) is 0. The third-order valence-corrected chi connectivity index (χ3v) is 2.06. The van der Waals surface area contributed by atoms with Gasteiger partial charge in [0.1, 0.15) is 19.0 Å². The van der Waals surface area contributed by atoms with Gasteiger partial charge in [0.2, 0.25) is 0 Å². The van der Waals surface area contributed by atoms with E-state index >= 15 is 0 Å². The number of hydrogen-bond acceptors (Lipinski definition) is 3. The monoisotopic (exact) mass is 233 g/mol. The van der Waals surface area contributed by atoms with Crippen molar-refractivity contribution in [2.75, 3.05) is 13.2 Å². The SMILES string of the molecule is CCCNCc1ccoc1COCC(F)F. The largest absolute Gasteiger partial charge is 0.467 e. The summed E-state index contributed by atoms with van der Waals surface area (Å²) in [6.07, 6.45) is 0.163. The molecule has 0 aliphatic heterocycles. The molecule has 0 unspecified atom stereocenters. The van der Waals surface area contributed by atoms with E-state index in [-0.39, 0.29) is 6.61 Å². The lowest BCUT2D eigenvalue weighted by atomic mass is 10.2. The highest BCUT2D eigenvalue weighted by atomic mass is 19.3. The van der Waals surface area contributed by atoms with Crippen LogP contribution in [-0.4, -0.2) is 19.6 Å². The zero-order valence-corrected chi connectivity index (χ0v) is 9.34. The standard InChI is InChI=1S/C11H17F2NO2/c1-2-4-14-6-9-3-5-16-10(9)7-15-8-11(12)13/h3,5,11,14H,2,4,6-8H2,1H3. The molecule has 0 aliphatic carbocycles. The quantitative estimate of drug-likeness (QED) is 0.701. The van der Waals surface area contributed by atoms with Gasteiger partial charge in [0.25, 0.3) is 6.43 Å². The zero-order chi connectivity index (χ0) is 11.8. The van der Waals surface area contributed by atoms with E-state index in [4.69, 9.17) is 9.15 Å². The third-order valence-electron chi connectivity index (χ3n) is 2.06. The number of nitrogens with one attached hydrogen (secondary N) is 1. The molecule has 0 aromatic carbocycles. The first-order valence-electron chi connectivity index (χ1n) is 5.36. The molecule has 0 fully saturated rings. The van der Waals surface area contributed by atoms with Crippen molar-refractivity contribution in [2.24, 2.45) is 0 Å². The summed E-state index contributed by atoms with van der Waals surface area (Å²) in [6, 6.07) is 1.82. The minimum Gasteiger partial charge on any atom is -0.467 e. The normalized spacial score (nSPS) is 11.2. The van der Waals surface area contributed by atoms with Crippen molar-refractivity contribution in [3.05, 3.63) is 23.7 Å². The number of furan rings is 1. The molecule has 0 aliphatic rings. The minimum atomic E-state index is -2.43. The highest BCUT2D eigenvalue weighted by molar-refractivity contribution is 5.16. The molecule has 1 N–H and O–H groups in total. The summed E-state index contributed by atoms with van der Waals surface area (Å²) < 4.78 is 33.7. The van der Waals surface area contributed by atoms with Crippen LogP contribution in [0.25, 0.3) is 0 Å². The Bertz CT molecular complexity index is 289. The van der Waals surface area contributed by atoms with Gasteiger partial charge in [-0.25, -0.2) is 8.78 Å². The number of halogens is 2. The predicted octanol–water partition coefficient (Wildman–Crippen LogP) is 2.56. The Morgan fingerprint density at radius 2 is 2.31 bits per heavy atom. The number of alkyl halides is 2. The first kappa shape index (κ1) is 13.1. The van der Waals surface area contributed by atoms with Gasteiger partial charge in [-0.1, -0.05) is 6.92 Å². The molecule has 1 aromatic heterocycles. The van der Waals surface area contributed by atoms with E-state index in [2.05, 4.69) is 12.2 Å². The maximum Gasteiger partial charge on any atom is 0.261 e. The van der Waals surface area contributed by atoms with Gasteiger partial charge in [0, 0.05) is 12.1 Å². The second kappa shape index (κ2) is 7.35. The second-order valence-corrected chi connectivity index (χ2v) is 3.45. The van der Waals surface area contributed by atoms with Gasteiger partial charge < -0.3 is 14.5 Å². The lowest BCUT2D eigenvalue weighted by Crippen LogP contribution is -2.14. The summed E-state index contributed by atoms with van der Waals surface area (Å²) in [5.41, 5.74) is 0.961. The first-order chi connectivity index (χ1) is 7.74. The summed E-state index contributed by atoms with van der Waals surface area (Å²) in [6.45, 7) is 3.22. The Morgan fingerprint density at radius 1 is 1.50 bits per heavy atom. The summed E-state index contributed by atoms with van der Waals surface area (Å²) in [5, 5.41) is 3.21. The van der Waals surface area contributed by atoms with Crippen LogP contribution in [0.2, 0.25) is 0 Å². The molecule has 0 radical (unpaired) electrons. The fraction of sp³-hybridized carbons (Fsp3) is 0.636. The average molecular weight is 233 g/mol. The van der Waals surface area contributed by atoms with E-state index in [0.717, 1.165) is 18.5 Å². The lowest BCUT2D eigenvalue weighted by Gasteiger charge is -2.05. The van der Waals surface area contributed by atoms with Gasteiger partial charge in [-0.3, -0.25) is 0 Å². The molecular formula is C11H17F2NO2. The smallest absolute Gasteiger partial charge is 0.261 e. The topological polar surface area (TPSA) is 34.4 Å². The van der Waals surface area contributed by atoms with Crippen molar-refractivity contribution in [3.63, 3.8) is 0 Å². The highest BCUT2D eigenvalue weighted by Gasteiger charge is 2.08. The summed E-state index contributed by atoms with van der Waals surface area (Å²) in [5.74, 6) is 0.615. The fourth-order valence-electron chi connectivity index (χ4n) is 1.29.